The molecule has 3 aromatic rings. The summed E-state index contributed by atoms with van der Waals surface area (Å²) >= 11 is 1.40. The van der Waals surface area contributed by atoms with Gasteiger partial charge in [0.05, 0.1) is 22.7 Å². The van der Waals surface area contributed by atoms with Gasteiger partial charge in [-0.1, -0.05) is 28.6 Å². The first-order valence-corrected chi connectivity index (χ1v) is 11.8. The Bertz CT molecular complexity index is 1320. The van der Waals surface area contributed by atoms with Gasteiger partial charge in [-0.2, -0.15) is 13.5 Å². The van der Waals surface area contributed by atoms with Gasteiger partial charge in [0, 0.05) is 4.88 Å². The van der Waals surface area contributed by atoms with Crippen molar-refractivity contribution < 1.29 is 27.6 Å². The fourth-order valence-electron chi connectivity index (χ4n) is 2.94. The number of ether oxygens (including phenoxy) is 1. The summed E-state index contributed by atoms with van der Waals surface area (Å²) in [6, 6.07) is 12.2. The molecule has 1 aliphatic rings. The molecular formula is C20H19N5O6S2. The SMILES string of the molecule is Cc1nc(N2N=C(Oc3cccc(CC(=O)O)c3)NN2c2ccc(S(=O)(=O)O)cc2)sc1C. The molecule has 0 aliphatic carbocycles. The Morgan fingerprint density at radius 3 is 2.52 bits per heavy atom. The van der Waals surface area contributed by atoms with Crippen molar-refractivity contribution in [1.29, 1.82) is 0 Å². The van der Waals surface area contributed by atoms with Gasteiger partial charge in [0.25, 0.3) is 10.1 Å². The van der Waals surface area contributed by atoms with Crippen LogP contribution in [-0.4, -0.2) is 35.1 Å². The Balaban J connectivity index is 1.64. The monoisotopic (exact) mass is 489 g/mol. The molecule has 0 atom stereocenters. The number of rotatable bonds is 6. The minimum absolute atomic E-state index is 0.0897. The molecule has 0 amide bonds. The van der Waals surface area contributed by atoms with E-state index in [4.69, 9.17) is 9.84 Å². The van der Waals surface area contributed by atoms with Crippen molar-refractivity contribution in [2.24, 2.45) is 5.10 Å². The number of anilines is 2. The van der Waals surface area contributed by atoms with E-state index < -0.39 is 16.1 Å². The summed E-state index contributed by atoms with van der Waals surface area (Å²) < 4.78 is 37.8. The molecule has 172 valence electrons. The highest BCUT2D eigenvalue weighted by molar-refractivity contribution is 7.85. The number of hydrazone groups is 1. The molecule has 0 bridgehead atoms. The smallest absolute Gasteiger partial charge is 0.335 e. The molecule has 33 heavy (non-hydrogen) atoms. The molecule has 1 aliphatic heterocycles. The first-order valence-electron chi connectivity index (χ1n) is 9.56. The number of thiazole rings is 1. The predicted molar refractivity (Wildman–Crippen MR) is 122 cm³/mol. The van der Waals surface area contributed by atoms with Crippen LogP contribution in [0, 0.1) is 13.8 Å². The number of aliphatic carboxylic acids is 1. The van der Waals surface area contributed by atoms with Crippen LogP contribution in [0.15, 0.2) is 58.5 Å². The standard InChI is InChI=1S/C20H19N5O6S2/c1-12-13(2)32-20(21-12)25-23-19(31-16-5-3-4-14(10-16)11-18(26)27)22-24(25)15-6-8-17(9-7-15)33(28,29)30/h3-10H,11H2,1-2H3,(H,22,23)(H,26,27)(H,28,29,30). The molecule has 1 aromatic heterocycles. The number of nitrogens with one attached hydrogen (secondary N) is 1. The second-order valence-corrected chi connectivity index (χ2v) is 9.65. The van der Waals surface area contributed by atoms with Crippen LogP contribution in [0.4, 0.5) is 10.8 Å². The molecule has 3 N–H and O–H groups in total. The van der Waals surface area contributed by atoms with Crippen LogP contribution in [0.25, 0.3) is 0 Å². The molecule has 2 aromatic carbocycles. The van der Waals surface area contributed by atoms with E-state index in [1.165, 1.54) is 45.8 Å². The second-order valence-electron chi connectivity index (χ2n) is 7.05. The zero-order valence-electron chi connectivity index (χ0n) is 17.5. The van der Waals surface area contributed by atoms with Gasteiger partial charge < -0.3 is 9.84 Å². The number of aromatic nitrogens is 1. The Morgan fingerprint density at radius 2 is 1.91 bits per heavy atom. The summed E-state index contributed by atoms with van der Waals surface area (Å²) in [5.74, 6) is -0.571. The fourth-order valence-corrected chi connectivity index (χ4v) is 4.28. The summed E-state index contributed by atoms with van der Waals surface area (Å²) in [5.41, 5.74) is 4.88. The van der Waals surface area contributed by atoms with E-state index >= 15 is 0 Å². The highest BCUT2D eigenvalue weighted by Gasteiger charge is 2.30. The molecule has 0 fully saturated rings. The number of aryl methyl sites for hydroxylation is 2. The van der Waals surface area contributed by atoms with Crippen molar-refractivity contribution in [3.05, 3.63) is 64.7 Å². The molecule has 0 unspecified atom stereocenters. The van der Waals surface area contributed by atoms with Crippen molar-refractivity contribution >= 4 is 44.3 Å². The molecule has 0 radical (unpaired) electrons. The van der Waals surface area contributed by atoms with Crippen molar-refractivity contribution in [2.75, 3.05) is 10.2 Å². The lowest BCUT2D eigenvalue weighted by Crippen LogP contribution is -2.45. The van der Waals surface area contributed by atoms with Crippen molar-refractivity contribution in [1.82, 2.24) is 10.4 Å². The lowest BCUT2D eigenvalue weighted by molar-refractivity contribution is -0.136. The lowest BCUT2D eigenvalue weighted by Gasteiger charge is -2.25. The summed E-state index contributed by atoms with van der Waals surface area (Å²) in [6.07, 6.45) is -0.146. The highest BCUT2D eigenvalue weighted by Crippen LogP contribution is 2.31. The quantitative estimate of drug-likeness (QED) is 0.442. The molecule has 13 heteroatoms. The molecule has 0 saturated carbocycles. The molecule has 2 heterocycles. The molecule has 0 saturated heterocycles. The number of hydrazine groups is 2. The van der Waals surface area contributed by atoms with E-state index in [1.54, 1.807) is 24.3 Å². The minimum Gasteiger partial charge on any atom is -0.481 e. The first-order chi connectivity index (χ1) is 15.6. The van der Waals surface area contributed by atoms with Gasteiger partial charge in [0.1, 0.15) is 5.75 Å². The van der Waals surface area contributed by atoms with E-state index in [2.05, 4.69) is 15.5 Å². The summed E-state index contributed by atoms with van der Waals surface area (Å²) in [4.78, 5) is 16.3. The van der Waals surface area contributed by atoms with Crippen LogP contribution in [0.3, 0.4) is 0 Å². The number of carboxylic acid groups (broad SMARTS) is 1. The minimum atomic E-state index is -4.33. The van der Waals surface area contributed by atoms with Crippen LogP contribution in [0.5, 0.6) is 5.75 Å². The summed E-state index contributed by atoms with van der Waals surface area (Å²) in [5, 5.41) is 16.9. The average Bonchev–Trinajstić information content (AvgIpc) is 3.30. The maximum Gasteiger partial charge on any atom is 0.335 e. The normalized spacial score (nSPS) is 13.6. The highest BCUT2D eigenvalue weighted by atomic mass is 32.2. The van der Waals surface area contributed by atoms with Crippen molar-refractivity contribution in [2.45, 2.75) is 25.2 Å². The molecule has 0 spiro atoms. The van der Waals surface area contributed by atoms with E-state index in [9.17, 15) is 17.8 Å². The average molecular weight is 490 g/mol. The van der Waals surface area contributed by atoms with Gasteiger partial charge in [-0.25, -0.2) is 10.4 Å². The van der Waals surface area contributed by atoms with Crippen LogP contribution in [0.2, 0.25) is 0 Å². The Labute approximate surface area is 193 Å². The predicted octanol–water partition coefficient (Wildman–Crippen LogP) is 2.73. The molecular weight excluding hydrogens is 470 g/mol. The summed E-state index contributed by atoms with van der Waals surface area (Å²) in [6.45, 7) is 3.81. The number of nitrogens with zero attached hydrogens (tertiary/aromatic N) is 4. The first kappa shape index (κ1) is 22.5. The van der Waals surface area contributed by atoms with E-state index in [0.717, 1.165) is 10.6 Å². The molecule has 11 nitrogen and oxygen atoms in total. The third-order valence-corrected chi connectivity index (χ3v) is 6.52. The zero-order chi connectivity index (χ0) is 23.8. The van der Waals surface area contributed by atoms with Crippen molar-refractivity contribution in [3.8, 4) is 5.75 Å². The van der Waals surface area contributed by atoms with Gasteiger partial charge in [-0.05, 0) is 55.8 Å². The topological polar surface area (TPSA) is 145 Å². The van der Waals surface area contributed by atoms with Gasteiger partial charge in [-0.3, -0.25) is 9.35 Å². The van der Waals surface area contributed by atoms with E-state index in [0.29, 0.717) is 22.1 Å². The van der Waals surface area contributed by atoms with Crippen LogP contribution in [-0.2, 0) is 21.3 Å². The number of carbonyl (C=O) groups is 1. The van der Waals surface area contributed by atoms with Gasteiger partial charge in [0.2, 0.25) is 5.13 Å². The van der Waals surface area contributed by atoms with E-state index in [1.807, 2.05) is 13.8 Å². The number of benzene rings is 2. The maximum absolute atomic E-state index is 11.4. The summed E-state index contributed by atoms with van der Waals surface area (Å²) in [7, 11) is -4.33. The zero-order valence-corrected chi connectivity index (χ0v) is 19.1. The number of carboxylic acids is 1. The third kappa shape index (κ3) is 5.05. The third-order valence-electron chi connectivity index (χ3n) is 4.61. The second kappa shape index (κ2) is 8.69. The lowest BCUT2D eigenvalue weighted by atomic mass is 10.1. The van der Waals surface area contributed by atoms with Crippen molar-refractivity contribution in [3.63, 3.8) is 0 Å². The Morgan fingerprint density at radius 1 is 1.18 bits per heavy atom. The maximum atomic E-state index is 11.4. The number of hydrogen-bond donors (Lipinski definition) is 3. The van der Waals surface area contributed by atoms with Crippen LogP contribution < -0.4 is 20.4 Å². The van der Waals surface area contributed by atoms with Gasteiger partial charge in [0.15, 0.2) is 0 Å². The number of amidine groups is 1. The molecule has 4 rings (SSSR count). The Kier molecular flexibility index (Phi) is 5.93. The van der Waals surface area contributed by atoms with Crippen LogP contribution in [0.1, 0.15) is 16.1 Å². The van der Waals surface area contributed by atoms with E-state index in [-0.39, 0.29) is 17.3 Å². The largest absolute Gasteiger partial charge is 0.481 e. The van der Waals surface area contributed by atoms with Crippen LogP contribution >= 0.6 is 11.3 Å². The number of hydrogen-bond acceptors (Lipinski definition) is 10. The van der Waals surface area contributed by atoms with Gasteiger partial charge in [-0.15, -0.1) is 5.12 Å². The van der Waals surface area contributed by atoms with Gasteiger partial charge >= 0.3 is 12.0 Å². The Hall–Kier alpha value is -3.68. The fraction of sp³-hybridized carbons (Fsp3) is 0.150.